The molecule has 2 aliphatic carbocycles. The predicted octanol–water partition coefficient (Wildman–Crippen LogP) is 2.81. The van der Waals surface area contributed by atoms with E-state index in [1.165, 1.54) is 49.9 Å². The summed E-state index contributed by atoms with van der Waals surface area (Å²) in [4.78, 5) is 10.7. The summed E-state index contributed by atoms with van der Waals surface area (Å²) >= 11 is 0. The predicted molar refractivity (Wildman–Crippen MR) is 81.1 cm³/mol. The van der Waals surface area contributed by atoms with Crippen LogP contribution in [0.5, 0.6) is 0 Å². The van der Waals surface area contributed by atoms with Crippen molar-refractivity contribution in [3.63, 3.8) is 0 Å². The lowest BCUT2D eigenvalue weighted by Crippen LogP contribution is -2.28. The number of hydrogen-bond acceptors (Lipinski definition) is 4. The van der Waals surface area contributed by atoms with Gasteiger partial charge in [0.1, 0.15) is 0 Å². The van der Waals surface area contributed by atoms with Crippen LogP contribution in [0.4, 0.5) is 5.69 Å². The third-order valence-corrected chi connectivity index (χ3v) is 4.83. The molecule has 0 heterocycles. The molecule has 0 unspecified atom stereocenters. The Morgan fingerprint density at radius 2 is 1.81 bits per heavy atom. The van der Waals surface area contributed by atoms with E-state index >= 15 is 0 Å². The summed E-state index contributed by atoms with van der Waals surface area (Å²) < 4.78 is 0. The number of benzene rings is 1. The summed E-state index contributed by atoms with van der Waals surface area (Å²) in [6.45, 7) is 0. The summed E-state index contributed by atoms with van der Waals surface area (Å²) in [7, 11) is 0. The Morgan fingerprint density at radius 3 is 2.52 bits per heavy atom. The van der Waals surface area contributed by atoms with Gasteiger partial charge in [-0.25, -0.2) is 0 Å². The van der Waals surface area contributed by atoms with Crippen molar-refractivity contribution in [3.8, 4) is 0 Å². The van der Waals surface area contributed by atoms with E-state index in [2.05, 4.69) is 10.5 Å². The lowest BCUT2D eigenvalue weighted by Gasteiger charge is -2.35. The maximum atomic E-state index is 10.7. The topological polar surface area (TPSA) is 64.5 Å². The SMILES string of the molecule is O=C([O-])c1ccc(N/N=C2\CC[C@H]3CCCC[C@H]3C2)cc1. The van der Waals surface area contributed by atoms with Gasteiger partial charge in [0.05, 0.1) is 11.7 Å². The monoisotopic (exact) mass is 285 g/mol. The fourth-order valence-corrected chi connectivity index (χ4v) is 3.62. The molecule has 4 nitrogen and oxygen atoms in total. The molecule has 2 saturated carbocycles. The smallest absolute Gasteiger partial charge is 0.0715 e. The number of hydrogen-bond donors (Lipinski definition) is 1. The average molecular weight is 285 g/mol. The molecule has 112 valence electrons. The maximum Gasteiger partial charge on any atom is 0.0715 e. The molecular formula is C17H21N2O2-. The van der Waals surface area contributed by atoms with Crippen LogP contribution in [0.3, 0.4) is 0 Å². The molecule has 0 saturated heterocycles. The van der Waals surface area contributed by atoms with E-state index in [1.54, 1.807) is 12.1 Å². The normalized spacial score (nSPS) is 27.1. The molecule has 1 aromatic rings. The van der Waals surface area contributed by atoms with Crippen LogP contribution in [0.2, 0.25) is 0 Å². The Kier molecular flexibility index (Phi) is 4.23. The molecule has 21 heavy (non-hydrogen) atoms. The van der Waals surface area contributed by atoms with Crippen molar-refractivity contribution < 1.29 is 9.90 Å². The van der Waals surface area contributed by atoms with E-state index in [1.807, 2.05) is 0 Å². The molecule has 0 radical (unpaired) electrons. The van der Waals surface area contributed by atoms with E-state index in [-0.39, 0.29) is 5.56 Å². The molecular weight excluding hydrogens is 264 g/mol. The third-order valence-electron chi connectivity index (χ3n) is 4.83. The zero-order valence-corrected chi connectivity index (χ0v) is 12.2. The number of nitrogens with zero attached hydrogens (tertiary/aromatic N) is 1. The molecule has 0 amide bonds. The van der Waals surface area contributed by atoms with Crippen molar-refractivity contribution >= 4 is 17.4 Å². The van der Waals surface area contributed by atoms with Crippen molar-refractivity contribution in [3.05, 3.63) is 29.8 Å². The number of nitrogens with one attached hydrogen (secondary N) is 1. The summed E-state index contributed by atoms with van der Waals surface area (Å²) in [6.07, 6.45) is 9.00. The van der Waals surface area contributed by atoms with Crippen LogP contribution < -0.4 is 10.5 Å². The van der Waals surface area contributed by atoms with Crippen molar-refractivity contribution in [2.45, 2.75) is 44.9 Å². The first-order valence-corrected chi connectivity index (χ1v) is 7.85. The average Bonchev–Trinajstić information content (AvgIpc) is 2.53. The number of aromatic carboxylic acids is 1. The Balaban J connectivity index is 1.59. The van der Waals surface area contributed by atoms with Crippen LogP contribution >= 0.6 is 0 Å². The molecule has 0 aromatic heterocycles. The van der Waals surface area contributed by atoms with Gasteiger partial charge in [0.2, 0.25) is 0 Å². The van der Waals surface area contributed by atoms with Crippen molar-refractivity contribution in [2.24, 2.45) is 16.9 Å². The lowest BCUT2D eigenvalue weighted by atomic mass is 9.70. The van der Waals surface area contributed by atoms with Gasteiger partial charge in [-0.2, -0.15) is 5.10 Å². The minimum absolute atomic E-state index is 0.191. The zero-order valence-electron chi connectivity index (χ0n) is 12.2. The molecule has 2 atom stereocenters. The summed E-state index contributed by atoms with van der Waals surface area (Å²) in [5.41, 5.74) is 5.31. The minimum Gasteiger partial charge on any atom is -0.545 e. The number of fused-ring (bicyclic) bond motifs is 1. The summed E-state index contributed by atoms with van der Waals surface area (Å²) in [5.74, 6) is 0.594. The molecule has 4 heteroatoms. The van der Waals surface area contributed by atoms with Gasteiger partial charge >= 0.3 is 0 Å². The number of carboxylic acid groups (broad SMARTS) is 1. The Labute approximate surface area is 125 Å². The molecule has 1 aromatic carbocycles. The maximum absolute atomic E-state index is 10.7. The van der Waals surface area contributed by atoms with Gasteiger partial charge in [0.15, 0.2) is 0 Å². The van der Waals surface area contributed by atoms with E-state index in [4.69, 9.17) is 0 Å². The van der Waals surface area contributed by atoms with E-state index in [0.29, 0.717) is 0 Å². The van der Waals surface area contributed by atoms with Crippen molar-refractivity contribution in [1.82, 2.24) is 0 Å². The first-order valence-electron chi connectivity index (χ1n) is 7.85. The Morgan fingerprint density at radius 1 is 1.10 bits per heavy atom. The van der Waals surface area contributed by atoms with Gasteiger partial charge in [0.25, 0.3) is 0 Å². The second-order valence-electron chi connectivity index (χ2n) is 6.20. The van der Waals surface area contributed by atoms with Gasteiger partial charge in [-0.1, -0.05) is 31.4 Å². The van der Waals surface area contributed by atoms with Crippen LogP contribution in [-0.4, -0.2) is 11.7 Å². The molecule has 2 fully saturated rings. The first-order chi connectivity index (χ1) is 10.2. The third kappa shape index (κ3) is 3.43. The highest BCUT2D eigenvalue weighted by atomic mass is 16.4. The molecule has 3 rings (SSSR count). The highest BCUT2D eigenvalue weighted by Gasteiger charge is 2.30. The van der Waals surface area contributed by atoms with Gasteiger partial charge in [-0.05, 0) is 55.2 Å². The largest absolute Gasteiger partial charge is 0.545 e. The zero-order chi connectivity index (χ0) is 14.7. The number of hydrazone groups is 1. The van der Waals surface area contributed by atoms with E-state index in [9.17, 15) is 9.90 Å². The van der Waals surface area contributed by atoms with Gasteiger partial charge in [0, 0.05) is 5.71 Å². The van der Waals surface area contributed by atoms with Crippen LogP contribution in [0.25, 0.3) is 0 Å². The molecule has 0 bridgehead atoms. The lowest BCUT2D eigenvalue weighted by molar-refractivity contribution is -0.255. The Bertz CT molecular complexity index is 536. The van der Waals surface area contributed by atoms with Crippen LogP contribution in [0.1, 0.15) is 55.3 Å². The number of carbonyl (C=O) groups excluding carboxylic acids is 1. The molecule has 1 N–H and O–H groups in total. The van der Waals surface area contributed by atoms with Crippen molar-refractivity contribution in [1.29, 1.82) is 0 Å². The summed E-state index contributed by atoms with van der Waals surface area (Å²) in [6, 6.07) is 6.52. The van der Waals surface area contributed by atoms with Crippen LogP contribution in [0, 0.1) is 11.8 Å². The quantitative estimate of drug-likeness (QED) is 0.868. The van der Waals surface area contributed by atoms with Crippen LogP contribution in [0.15, 0.2) is 29.4 Å². The molecule has 0 aliphatic heterocycles. The van der Waals surface area contributed by atoms with Gasteiger partial charge in [-0.15, -0.1) is 0 Å². The van der Waals surface area contributed by atoms with E-state index < -0.39 is 5.97 Å². The first kappa shape index (κ1) is 14.1. The fraction of sp³-hybridized carbons (Fsp3) is 0.529. The van der Waals surface area contributed by atoms with E-state index in [0.717, 1.165) is 30.4 Å². The second-order valence-corrected chi connectivity index (χ2v) is 6.20. The number of carbonyl (C=O) groups is 1. The van der Waals surface area contributed by atoms with Gasteiger partial charge in [-0.3, -0.25) is 5.43 Å². The number of carboxylic acids is 1. The fourth-order valence-electron chi connectivity index (χ4n) is 3.62. The second kappa shape index (κ2) is 6.29. The number of rotatable bonds is 3. The molecule has 2 aliphatic rings. The minimum atomic E-state index is -1.15. The summed E-state index contributed by atoms with van der Waals surface area (Å²) in [5, 5.41) is 15.2. The highest BCUT2D eigenvalue weighted by Crippen LogP contribution is 2.39. The number of anilines is 1. The highest BCUT2D eigenvalue weighted by molar-refractivity contribution is 5.87. The van der Waals surface area contributed by atoms with Gasteiger partial charge < -0.3 is 9.90 Å². The van der Waals surface area contributed by atoms with Crippen molar-refractivity contribution in [2.75, 3.05) is 5.43 Å². The standard InChI is InChI=1S/C17H22N2O2/c20-17(21)13-6-8-15(9-7-13)18-19-16-10-5-12-3-1-2-4-14(12)11-16/h6-9,12,14,18H,1-5,10-11H2,(H,20,21)/p-1/b19-16+/t12-,14+/m1/s1. The Hall–Kier alpha value is -1.84. The molecule has 0 spiro atoms. The van der Waals surface area contributed by atoms with Crippen LogP contribution in [-0.2, 0) is 0 Å².